The highest BCUT2D eigenvalue weighted by molar-refractivity contribution is 7.21. The third-order valence-electron chi connectivity index (χ3n) is 4.42. The number of hydrogen-bond acceptors (Lipinski definition) is 5. The summed E-state index contributed by atoms with van der Waals surface area (Å²) in [5, 5.41) is 4.30. The Kier molecular flexibility index (Phi) is 4.81. The van der Waals surface area contributed by atoms with Crippen LogP contribution in [0.1, 0.15) is 25.0 Å². The molecule has 3 aromatic rings. The second-order valence-corrected chi connectivity index (χ2v) is 7.30. The van der Waals surface area contributed by atoms with Crippen LogP contribution in [0, 0.1) is 0 Å². The van der Waals surface area contributed by atoms with Crippen molar-refractivity contribution in [3.63, 3.8) is 0 Å². The minimum Gasteiger partial charge on any atom is -0.457 e. The number of carbonyl (C=O) groups is 1. The highest BCUT2D eigenvalue weighted by atomic mass is 32.1. The first kappa shape index (κ1) is 16.3. The van der Waals surface area contributed by atoms with Gasteiger partial charge in [-0.1, -0.05) is 12.1 Å². The molecule has 1 aromatic carbocycles. The van der Waals surface area contributed by atoms with E-state index >= 15 is 0 Å². The monoisotopic (exact) mass is 355 g/mol. The Morgan fingerprint density at radius 3 is 3.00 bits per heavy atom. The molecule has 0 spiro atoms. The molecule has 3 heterocycles. The lowest BCUT2D eigenvalue weighted by Gasteiger charge is -2.14. The lowest BCUT2D eigenvalue weighted by Crippen LogP contribution is -2.28. The van der Waals surface area contributed by atoms with Crippen LogP contribution in [0.4, 0.5) is 0 Å². The molecule has 6 heteroatoms. The number of hydrogen-bond donors (Lipinski definition) is 1. The van der Waals surface area contributed by atoms with Gasteiger partial charge in [-0.25, -0.2) is 4.98 Å². The minimum atomic E-state index is 0.298. The molecule has 1 saturated heterocycles. The second-order valence-electron chi connectivity index (χ2n) is 6.27. The number of para-hydroxylation sites is 1. The van der Waals surface area contributed by atoms with E-state index in [1.54, 1.807) is 11.3 Å². The second kappa shape index (κ2) is 7.37. The van der Waals surface area contributed by atoms with Crippen molar-refractivity contribution >= 4 is 27.5 Å². The van der Waals surface area contributed by atoms with Crippen molar-refractivity contribution in [2.75, 3.05) is 19.6 Å². The van der Waals surface area contributed by atoms with E-state index in [0.717, 1.165) is 54.5 Å². The van der Waals surface area contributed by atoms with Gasteiger partial charge in [0.15, 0.2) is 10.8 Å². The van der Waals surface area contributed by atoms with Crippen LogP contribution in [0.15, 0.2) is 40.8 Å². The Hall–Kier alpha value is -2.18. The van der Waals surface area contributed by atoms with E-state index in [4.69, 9.17) is 4.42 Å². The van der Waals surface area contributed by atoms with E-state index in [-0.39, 0.29) is 0 Å². The molecule has 1 fully saturated rings. The van der Waals surface area contributed by atoms with Gasteiger partial charge in [0.2, 0.25) is 5.91 Å². The van der Waals surface area contributed by atoms with Crippen molar-refractivity contribution < 1.29 is 9.21 Å². The van der Waals surface area contributed by atoms with Gasteiger partial charge >= 0.3 is 0 Å². The lowest BCUT2D eigenvalue weighted by molar-refractivity contribution is -0.127. The summed E-state index contributed by atoms with van der Waals surface area (Å²) >= 11 is 1.65. The first-order valence-electron chi connectivity index (χ1n) is 8.73. The van der Waals surface area contributed by atoms with Gasteiger partial charge in [-0.2, -0.15) is 0 Å². The number of benzene rings is 1. The van der Waals surface area contributed by atoms with E-state index in [9.17, 15) is 4.79 Å². The lowest BCUT2D eigenvalue weighted by atomic mass is 10.3. The van der Waals surface area contributed by atoms with Crippen LogP contribution < -0.4 is 5.32 Å². The molecule has 0 atom stereocenters. The number of furan rings is 1. The fourth-order valence-corrected chi connectivity index (χ4v) is 4.04. The smallest absolute Gasteiger partial charge is 0.222 e. The van der Waals surface area contributed by atoms with Crippen molar-refractivity contribution in [3.05, 3.63) is 42.2 Å². The normalized spacial score (nSPS) is 14.7. The van der Waals surface area contributed by atoms with Crippen molar-refractivity contribution in [2.24, 2.45) is 0 Å². The molecule has 0 bridgehead atoms. The first-order valence-corrected chi connectivity index (χ1v) is 9.54. The number of aromatic nitrogens is 1. The van der Waals surface area contributed by atoms with Crippen molar-refractivity contribution in [3.8, 4) is 10.8 Å². The summed E-state index contributed by atoms with van der Waals surface area (Å²) in [6.45, 7) is 3.34. The van der Waals surface area contributed by atoms with E-state index in [0.29, 0.717) is 18.9 Å². The van der Waals surface area contributed by atoms with Crippen LogP contribution >= 0.6 is 11.3 Å². The highest BCUT2D eigenvalue weighted by Crippen LogP contribution is 2.31. The number of carbonyl (C=O) groups excluding carboxylic acids is 1. The molecule has 1 aliphatic rings. The zero-order valence-electron chi connectivity index (χ0n) is 14.0. The summed E-state index contributed by atoms with van der Waals surface area (Å²) in [7, 11) is 0. The average molecular weight is 355 g/mol. The summed E-state index contributed by atoms with van der Waals surface area (Å²) in [6.07, 6.45) is 2.69. The molecule has 25 heavy (non-hydrogen) atoms. The molecule has 1 amide bonds. The van der Waals surface area contributed by atoms with Crippen LogP contribution in [0.25, 0.3) is 21.0 Å². The molecule has 0 saturated carbocycles. The van der Waals surface area contributed by atoms with Crippen LogP contribution in [0.5, 0.6) is 0 Å². The maximum absolute atomic E-state index is 11.5. The van der Waals surface area contributed by atoms with Gasteiger partial charge in [0.1, 0.15) is 5.76 Å². The molecule has 0 aliphatic carbocycles. The van der Waals surface area contributed by atoms with Gasteiger partial charge in [-0.15, -0.1) is 11.3 Å². The van der Waals surface area contributed by atoms with Gasteiger partial charge in [0.05, 0.1) is 16.8 Å². The number of amides is 1. The average Bonchev–Trinajstić information content (AvgIpc) is 3.34. The van der Waals surface area contributed by atoms with E-state index in [2.05, 4.69) is 16.4 Å². The van der Waals surface area contributed by atoms with Gasteiger partial charge in [0, 0.05) is 19.5 Å². The maximum Gasteiger partial charge on any atom is 0.222 e. The molecule has 2 aromatic heterocycles. The minimum absolute atomic E-state index is 0.298. The largest absolute Gasteiger partial charge is 0.457 e. The summed E-state index contributed by atoms with van der Waals surface area (Å²) < 4.78 is 7.09. The van der Waals surface area contributed by atoms with Crippen LogP contribution in [0.3, 0.4) is 0 Å². The summed E-state index contributed by atoms with van der Waals surface area (Å²) in [4.78, 5) is 18.1. The van der Waals surface area contributed by atoms with Gasteiger partial charge in [-0.05, 0) is 43.7 Å². The number of likely N-dealkylation sites (tertiary alicyclic amines) is 1. The molecule has 1 aliphatic heterocycles. The molecule has 130 valence electrons. The summed E-state index contributed by atoms with van der Waals surface area (Å²) in [6, 6.07) is 12.1. The quantitative estimate of drug-likeness (QED) is 0.657. The van der Waals surface area contributed by atoms with E-state index in [1.165, 1.54) is 4.70 Å². The Morgan fingerprint density at radius 1 is 1.24 bits per heavy atom. The summed E-state index contributed by atoms with van der Waals surface area (Å²) in [5.74, 6) is 2.03. The molecule has 5 nitrogen and oxygen atoms in total. The van der Waals surface area contributed by atoms with Crippen molar-refractivity contribution in [1.29, 1.82) is 0 Å². The van der Waals surface area contributed by atoms with Crippen LogP contribution in [0.2, 0.25) is 0 Å². The number of nitrogens with one attached hydrogen (secondary N) is 1. The third kappa shape index (κ3) is 3.75. The Labute approximate surface area is 150 Å². The molecule has 0 unspecified atom stereocenters. The molecular weight excluding hydrogens is 334 g/mol. The van der Waals surface area contributed by atoms with Crippen LogP contribution in [-0.4, -0.2) is 35.4 Å². The number of thiazole rings is 1. The third-order valence-corrected chi connectivity index (χ3v) is 5.47. The molecule has 4 rings (SSSR count). The van der Waals surface area contributed by atoms with Gasteiger partial charge in [0.25, 0.3) is 0 Å². The van der Waals surface area contributed by atoms with Gasteiger partial charge in [-0.3, -0.25) is 4.79 Å². The van der Waals surface area contributed by atoms with Gasteiger partial charge < -0.3 is 14.6 Å². The molecular formula is C19H21N3O2S. The SMILES string of the molecule is O=C1CCCN1CCCNCc1ccc(-c2nc3ccccc3s2)o1. The Bertz CT molecular complexity index is 837. The number of rotatable bonds is 7. The topological polar surface area (TPSA) is 58.4 Å². The predicted octanol–water partition coefficient (Wildman–Crippen LogP) is 3.66. The zero-order valence-corrected chi connectivity index (χ0v) is 14.8. The predicted molar refractivity (Wildman–Crippen MR) is 99.5 cm³/mol. The summed E-state index contributed by atoms with van der Waals surface area (Å²) in [5.41, 5.74) is 1.01. The first-order chi connectivity index (χ1) is 12.3. The van der Waals surface area contributed by atoms with E-state index in [1.807, 2.05) is 35.2 Å². The van der Waals surface area contributed by atoms with Crippen molar-refractivity contribution in [2.45, 2.75) is 25.8 Å². The van der Waals surface area contributed by atoms with Crippen LogP contribution in [-0.2, 0) is 11.3 Å². The van der Waals surface area contributed by atoms with E-state index < -0.39 is 0 Å². The fraction of sp³-hybridized carbons (Fsp3) is 0.368. The van der Waals surface area contributed by atoms with Crippen molar-refractivity contribution in [1.82, 2.24) is 15.2 Å². The molecule has 1 N–H and O–H groups in total. The molecule has 0 radical (unpaired) electrons. The number of nitrogens with zero attached hydrogens (tertiary/aromatic N) is 2. The maximum atomic E-state index is 11.5. The standard InChI is InChI=1S/C19H21N3O2S/c23-18-7-3-11-22(18)12-4-10-20-13-14-8-9-16(24-14)19-21-15-5-1-2-6-17(15)25-19/h1-2,5-6,8-9,20H,3-4,7,10-13H2. The Balaban J connectivity index is 1.27. The highest BCUT2D eigenvalue weighted by Gasteiger charge is 2.18. The zero-order chi connectivity index (χ0) is 17.1. The number of fused-ring (bicyclic) bond motifs is 1. The fourth-order valence-electron chi connectivity index (χ4n) is 3.11. The Morgan fingerprint density at radius 2 is 2.16 bits per heavy atom.